The van der Waals surface area contributed by atoms with E-state index in [-0.39, 0.29) is 5.91 Å². The van der Waals surface area contributed by atoms with Crippen LogP contribution in [0.4, 0.5) is 5.69 Å². The van der Waals surface area contributed by atoms with Gasteiger partial charge in [0.25, 0.3) is 5.91 Å². The van der Waals surface area contributed by atoms with Gasteiger partial charge in [0.1, 0.15) is 0 Å². The van der Waals surface area contributed by atoms with Crippen LogP contribution < -0.4 is 11.1 Å². The Labute approximate surface area is 113 Å². The molecule has 98 valence electrons. The van der Waals surface area contributed by atoms with Crippen LogP contribution in [0, 0.1) is 13.8 Å². The van der Waals surface area contributed by atoms with E-state index < -0.39 is 0 Å². The number of amides is 1. The average molecular weight is 254 g/mol. The maximum atomic E-state index is 12.1. The van der Waals surface area contributed by atoms with Crippen LogP contribution in [0.1, 0.15) is 27.0 Å². The molecular weight excluding hydrogens is 236 g/mol. The van der Waals surface area contributed by atoms with Crippen LogP contribution in [-0.4, -0.2) is 5.91 Å². The highest BCUT2D eigenvalue weighted by Gasteiger charge is 2.07. The second-order valence-corrected chi connectivity index (χ2v) is 4.67. The molecule has 3 nitrogen and oxygen atoms in total. The molecule has 0 aromatic heterocycles. The van der Waals surface area contributed by atoms with Crippen LogP contribution in [0.3, 0.4) is 0 Å². The van der Waals surface area contributed by atoms with Crippen molar-refractivity contribution >= 4 is 11.6 Å². The number of hydrogen-bond donors (Lipinski definition) is 2. The molecule has 0 radical (unpaired) electrons. The molecule has 2 aromatic rings. The minimum absolute atomic E-state index is 0.101. The molecule has 0 fully saturated rings. The SMILES string of the molecule is Cc1ccc(NC(=O)c2ccc(CN)cc2)c(C)c1. The normalized spacial score (nSPS) is 10.3. The van der Waals surface area contributed by atoms with Crippen LogP contribution in [0.5, 0.6) is 0 Å². The van der Waals surface area contributed by atoms with Gasteiger partial charge in [-0.2, -0.15) is 0 Å². The van der Waals surface area contributed by atoms with Crippen LogP contribution in [0.2, 0.25) is 0 Å². The molecule has 0 aliphatic heterocycles. The van der Waals surface area contributed by atoms with Crippen molar-refractivity contribution in [3.8, 4) is 0 Å². The summed E-state index contributed by atoms with van der Waals surface area (Å²) in [7, 11) is 0. The first kappa shape index (κ1) is 13.3. The molecule has 0 aliphatic carbocycles. The number of carbonyl (C=O) groups is 1. The molecule has 0 atom stereocenters. The predicted octanol–water partition coefficient (Wildman–Crippen LogP) is 3.01. The maximum Gasteiger partial charge on any atom is 0.255 e. The molecule has 0 saturated heterocycles. The van der Waals surface area contributed by atoms with Crippen LogP contribution >= 0.6 is 0 Å². The Kier molecular flexibility index (Phi) is 3.97. The van der Waals surface area contributed by atoms with Crippen LogP contribution in [0.15, 0.2) is 42.5 Å². The van der Waals surface area contributed by atoms with Crippen molar-refractivity contribution in [2.75, 3.05) is 5.32 Å². The lowest BCUT2D eigenvalue weighted by Gasteiger charge is -2.09. The molecule has 0 heterocycles. The Balaban J connectivity index is 2.15. The highest BCUT2D eigenvalue weighted by molar-refractivity contribution is 6.04. The van der Waals surface area contributed by atoms with Crippen LogP contribution in [0.25, 0.3) is 0 Å². The standard InChI is InChI=1S/C16H18N2O/c1-11-3-8-15(12(2)9-11)18-16(19)14-6-4-13(10-17)5-7-14/h3-9H,10,17H2,1-2H3,(H,18,19). The molecule has 0 spiro atoms. The predicted molar refractivity (Wildman–Crippen MR) is 78.2 cm³/mol. The number of carbonyl (C=O) groups excluding carboxylic acids is 1. The Bertz CT molecular complexity index is 588. The zero-order valence-electron chi connectivity index (χ0n) is 11.2. The number of rotatable bonds is 3. The van der Waals surface area contributed by atoms with Crippen molar-refractivity contribution in [3.05, 3.63) is 64.7 Å². The fraction of sp³-hybridized carbons (Fsp3) is 0.188. The first-order valence-corrected chi connectivity index (χ1v) is 6.28. The Morgan fingerprint density at radius 1 is 1.11 bits per heavy atom. The average Bonchev–Trinajstić information content (AvgIpc) is 2.42. The second-order valence-electron chi connectivity index (χ2n) is 4.67. The summed E-state index contributed by atoms with van der Waals surface area (Å²) in [6, 6.07) is 13.3. The molecule has 0 saturated carbocycles. The van der Waals surface area contributed by atoms with Crippen molar-refractivity contribution < 1.29 is 4.79 Å². The van der Waals surface area contributed by atoms with Crippen molar-refractivity contribution in [1.82, 2.24) is 0 Å². The molecule has 0 bridgehead atoms. The van der Waals surface area contributed by atoms with Gasteiger partial charge in [0.05, 0.1) is 0 Å². The van der Waals surface area contributed by atoms with E-state index in [0.29, 0.717) is 12.1 Å². The fourth-order valence-corrected chi connectivity index (χ4v) is 1.94. The van der Waals surface area contributed by atoms with E-state index in [1.54, 1.807) is 12.1 Å². The summed E-state index contributed by atoms with van der Waals surface area (Å²) >= 11 is 0. The molecule has 1 amide bonds. The lowest BCUT2D eigenvalue weighted by Crippen LogP contribution is -2.13. The topological polar surface area (TPSA) is 55.1 Å². The summed E-state index contributed by atoms with van der Waals surface area (Å²) in [5, 5.41) is 2.92. The maximum absolute atomic E-state index is 12.1. The van der Waals surface area contributed by atoms with Gasteiger partial charge in [-0.3, -0.25) is 4.79 Å². The molecular formula is C16H18N2O. The summed E-state index contributed by atoms with van der Waals surface area (Å²) in [4.78, 5) is 12.1. The van der Waals surface area contributed by atoms with E-state index in [1.807, 2.05) is 44.2 Å². The zero-order chi connectivity index (χ0) is 13.8. The number of anilines is 1. The Morgan fingerprint density at radius 2 is 1.79 bits per heavy atom. The number of aryl methyl sites for hydroxylation is 2. The first-order chi connectivity index (χ1) is 9.10. The van der Waals surface area contributed by atoms with Gasteiger partial charge in [0.15, 0.2) is 0 Å². The van der Waals surface area contributed by atoms with Crippen LogP contribution in [-0.2, 0) is 6.54 Å². The largest absolute Gasteiger partial charge is 0.326 e. The lowest BCUT2D eigenvalue weighted by atomic mass is 10.1. The molecule has 2 aromatic carbocycles. The van der Waals surface area contributed by atoms with E-state index >= 15 is 0 Å². The van der Waals surface area contributed by atoms with E-state index in [1.165, 1.54) is 5.56 Å². The first-order valence-electron chi connectivity index (χ1n) is 6.28. The van der Waals surface area contributed by atoms with Crippen molar-refractivity contribution in [2.24, 2.45) is 5.73 Å². The van der Waals surface area contributed by atoms with Crippen molar-refractivity contribution in [2.45, 2.75) is 20.4 Å². The number of benzene rings is 2. The summed E-state index contributed by atoms with van der Waals surface area (Å²) in [5.74, 6) is -0.101. The molecule has 2 rings (SSSR count). The summed E-state index contributed by atoms with van der Waals surface area (Å²) < 4.78 is 0. The Morgan fingerprint density at radius 3 is 2.37 bits per heavy atom. The van der Waals surface area contributed by atoms with E-state index in [4.69, 9.17) is 5.73 Å². The van der Waals surface area contributed by atoms with Gasteiger partial charge in [-0.25, -0.2) is 0 Å². The second kappa shape index (κ2) is 5.67. The van der Waals surface area contributed by atoms with Gasteiger partial charge in [-0.15, -0.1) is 0 Å². The number of nitrogens with one attached hydrogen (secondary N) is 1. The third-order valence-corrected chi connectivity index (χ3v) is 3.08. The van der Waals surface area contributed by atoms with E-state index in [9.17, 15) is 4.79 Å². The smallest absolute Gasteiger partial charge is 0.255 e. The van der Waals surface area contributed by atoms with E-state index in [0.717, 1.165) is 16.8 Å². The van der Waals surface area contributed by atoms with E-state index in [2.05, 4.69) is 5.32 Å². The minimum Gasteiger partial charge on any atom is -0.326 e. The van der Waals surface area contributed by atoms with Gasteiger partial charge >= 0.3 is 0 Å². The number of hydrogen-bond acceptors (Lipinski definition) is 2. The molecule has 3 N–H and O–H groups in total. The lowest BCUT2D eigenvalue weighted by molar-refractivity contribution is 0.102. The third kappa shape index (κ3) is 3.20. The van der Waals surface area contributed by atoms with Crippen molar-refractivity contribution in [3.63, 3.8) is 0 Å². The van der Waals surface area contributed by atoms with Crippen molar-refractivity contribution in [1.29, 1.82) is 0 Å². The summed E-state index contributed by atoms with van der Waals surface area (Å²) in [6.45, 7) is 4.50. The minimum atomic E-state index is -0.101. The zero-order valence-corrected chi connectivity index (χ0v) is 11.2. The molecule has 0 aliphatic rings. The van der Waals surface area contributed by atoms with Gasteiger partial charge in [0, 0.05) is 17.8 Å². The van der Waals surface area contributed by atoms with Gasteiger partial charge in [-0.05, 0) is 43.2 Å². The quantitative estimate of drug-likeness (QED) is 0.884. The molecule has 3 heteroatoms. The Hall–Kier alpha value is -2.13. The third-order valence-electron chi connectivity index (χ3n) is 3.08. The fourth-order valence-electron chi connectivity index (χ4n) is 1.94. The van der Waals surface area contributed by atoms with Gasteiger partial charge in [0.2, 0.25) is 0 Å². The van der Waals surface area contributed by atoms with Gasteiger partial charge in [-0.1, -0.05) is 29.8 Å². The molecule has 19 heavy (non-hydrogen) atoms. The highest BCUT2D eigenvalue weighted by atomic mass is 16.1. The van der Waals surface area contributed by atoms with Gasteiger partial charge < -0.3 is 11.1 Å². The summed E-state index contributed by atoms with van der Waals surface area (Å²) in [5.41, 5.74) is 10.3. The molecule has 0 unspecified atom stereocenters. The summed E-state index contributed by atoms with van der Waals surface area (Å²) in [6.07, 6.45) is 0. The monoisotopic (exact) mass is 254 g/mol. The highest BCUT2D eigenvalue weighted by Crippen LogP contribution is 2.17. The number of nitrogens with two attached hydrogens (primary N) is 1.